The third-order valence-corrected chi connectivity index (χ3v) is 3.79. The molecule has 1 aromatic heterocycles. The second kappa shape index (κ2) is 7.84. The largest absolute Gasteiger partial charge is 0.467 e. The van der Waals surface area contributed by atoms with Crippen LogP contribution in [0.3, 0.4) is 0 Å². The smallest absolute Gasteiger partial charge is 0.254 e. The summed E-state index contributed by atoms with van der Waals surface area (Å²) in [4.78, 5) is 25.5. The van der Waals surface area contributed by atoms with E-state index in [4.69, 9.17) is 4.42 Å². The van der Waals surface area contributed by atoms with Gasteiger partial charge in [-0.05, 0) is 30.3 Å². The van der Waals surface area contributed by atoms with Crippen LogP contribution < -0.4 is 10.0 Å². The minimum atomic E-state index is -3.44. The third-order valence-electron chi connectivity index (χ3n) is 3.18. The molecule has 1 heterocycles. The highest BCUT2D eigenvalue weighted by Crippen LogP contribution is 2.13. The summed E-state index contributed by atoms with van der Waals surface area (Å²) in [5.41, 5.74) is 0.555. The molecule has 2 N–H and O–H groups in total. The number of likely N-dealkylation sites (N-methyl/N-ethyl adjacent to an activating group) is 1. The van der Waals surface area contributed by atoms with Gasteiger partial charge in [0.05, 0.1) is 25.6 Å². The molecule has 0 saturated heterocycles. The summed E-state index contributed by atoms with van der Waals surface area (Å²) in [5.74, 6) is -0.121. The van der Waals surface area contributed by atoms with E-state index in [0.29, 0.717) is 5.76 Å². The van der Waals surface area contributed by atoms with Gasteiger partial charge < -0.3 is 14.6 Å². The van der Waals surface area contributed by atoms with Crippen LogP contribution in [0.4, 0.5) is 5.69 Å². The van der Waals surface area contributed by atoms with Crippen LogP contribution in [0.25, 0.3) is 0 Å². The molecular weight excluding hydrogens is 346 g/mol. The Bertz CT molecular complexity index is 846. The molecule has 0 saturated carbocycles. The van der Waals surface area contributed by atoms with Gasteiger partial charge in [-0.3, -0.25) is 14.3 Å². The summed E-state index contributed by atoms with van der Waals surface area (Å²) in [7, 11) is -1.94. The van der Waals surface area contributed by atoms with Crippen molar-refractivity contribution in [3.63, 3.8) is 0 Å². The van der Waals surface area contributed by atoms with Gasteiger partial charge in [0.15, 0.2) is 0 Å². The Hall–Kier alpha value is -2.81. The summed E-state index contributed by atoms with van der Waals surface area (Å²) < 4.78 is 29.9. The van der Waals surface area contributed by atoms with Gasteiger partial charge in [0.2, 0.25) is 15.9 Å². The maximum absolute atomic E-state index is 12.4. The number of rotatable bonds is 7. The Balaban J connectivity index is 1.94. The number of benzene rings is 1. The Morgan fingerprint density at radius 3 is 2.60 bits per heavy atom. The van der Waals surface area contributed by atoms with E-state index in [1.807, 2.05) is 0 Å². The monoisotopic (exact) mass is 365 g/mol. The van der Waals surface area contributed by atoms with E-state index in [0.717, 1.165) is 6.26 Å². The molecule has 0 aliphatic carbocycles. The van der Waals surface area contributed by atoms with Crippen LogP contribution >= 0.6 is 0 Å². The van der Waals surface area contributed by atoms with Gasteiger partial charge in [-0.2, -0.15) is 0 Å². The lowest BCUT2D eigenvalue weighted by Gasteiger charge is -2.17. The van der Waals surface area contributed by atoms with Crippen LogP contribution in [0.15, 0.2) is 47.1 Å². The van der Waals surface area contributed by atoms with Crippen molar-refractivity contribution in [1.29, 1.82) is 0 Å². The highest BCUT2D eigenvalue weighted by atomic mass is 32.2. The summed E-state index contributed by atoms with van der Waals surface area (Å²) in [6.45, 7) is 0.102. The first-order valence-corrected chi connectivity index (χ1v) is 9.26. The predicted octanol–water partition coefficient (Wildman–Crippen LogP) is 1.04. The van der Waals surface area contributed by atoms with Crippen LogP contribution in [0.1, 0.15) is 16.1 Å². The molecule has 1 aromatic carbocycles. The maximum atomic E-state index is 12.4. The van der Waals surface area contributed by atoms with Crippen molar-refractivity contribution in [1.82, 2.24) is 10.2 Å². The first kappa shape index (κ1) is 18.5. The fourth-order valence-corrected chi connectivity index (χ4v) is 2.65. The highest BCUT2D eigenvalue weighted by molar-refractivity contribution is 7.92. The van der Waals surface area contributed by atoms with Gasteiger partial charge >= 0.3 is 0 Å². The van der Waals surface area contributed by atoms with E-state index in [2.05, 4.69) is 10.0 Å². The zero-order chi connectivity index (χ0) is 18.4. The second-order valence-corrected chi connectivity index (χ2v) is 7.22. The predicted molar refractivity (Wildman–Crippen MR) is 92.4 cm³/mol. The summed E-state index contributed by atoms with van der Waals surface area (Å²) in [6.07, 6.45) is 2.53. The molecule has 0 aliphatic heterocycles. The number of carbonyl (C=O) groups excluding carboxylic acids is 2. The number of furan rings is 1. The number of nitrogens with one attached hydrogen (secondary N) is 2. The number of carbonyl (C=O) groups is 2. The van der Waals surface area contributed by atoms with Crippen molar-refractivity contribution in [3.8, 4) is 0 Å². The zero-order valence-corrected chi connectivity index (χ0v) is 14.7. The van der Waals surface area contributed by atoms with E-state index in [1.54, 1.807) is 24.3 Å². The number of amides is 2. The fraction of sp³-hybridized carbons (Fsp3) is 0.250. The first-order chi connectivity index (χ1) is 11.7. The molecule has 9 heteroatoms. The number of anilines is 1. The number of hydrogen-bond donors (Lipinski definition) is 2. The molecule has 0 aliphatic rings. The van der Waals surface area contributed by atoms with Crippen molar-refractivity contribution < 1.29 is 22.4 Å². The standard InChI is InChI=1S/C16H19N3O5S/c1-19(11-15(20)17-10-14-7-4-8-24-14)16(21)12-5-3-6-13(9-12)18-25(2,22)23/h3-9,18H,10-11H2,1-2H3,(H,17,20). The second-order valence-electron chi connectivity index (χ2n) is 5.47. The van der Waals surface area contributed by atoms with Gasteiger partial charge in [0.1, 0.15) is 5.76 Å². The number of hydrogen-bond acceptors (Lipinski definition) is 5. The van der Waals surface area contributed by atoms with Crippen molar-refractivity contribution in [2.45, 2.75) is 6.54 Å². The molecule has 0 atom stereocenters. The number of nitrogens with zero attached hydrogens (tertiary/aromatic N) is 1. The molecular formula is C16H19N3O5S. The van der Waals surface area contributed by atoms with Crippen molar-refractivity contribution in [3.05, 3.63) is 54.0 Å². The van der Waals surface area contributed by atoms with Crippen molar-refractivity contribution in [2.75, 3.05) is 24.6 Å². The minimum Gasteiger partial charge on any atom is -0.467 e. The molecule has 0 fully saturated rings. The first-order valence-electron chi connectivity index (χ1n) is 7.37. The van der Waals surface area contributed by atoms with Gasteiger partial charge in [-0.25, -0.2) is 8.42 Å². The molecule has 25 heavy (non-hydrogen) atoms. The Labute approximate surface area is 145 Å². The molecule has 8 nitrogen and oxygen atoms in total. The van der Waals surface area contributed by atoms with E-state index in [9.17, 15) is 18.0 Å². The maximum Gasteiger partial charge on any atom is 0.254 e. The highest BCUT2D eigenvalue weighted by Gasteiger charge is 2.16. The van der Waals surface area contributed by atoms with Gasteiger partial charge in [-0.1, -0.05) is 6.07 Å². The summed E-state index contributed by atoms with van der Waals surface area (Å²) in [6, 6.07) is 9.51. The summed E-state index contributed by atoms with van der Waals surface area (Å²) in [5, 5.41) is 2.65. The van der Waals surface area contributed by atoms with Crippen molar-refractivity contribution >= 4 is 27.5 Å². The van der Waals surface area contributed by atoms with Crippen LogP contribution in [-0.2, 0) is 21.4 Å². The molecule has 0 bridgehead atoms. The summed E-state index contributed by atoms with van der Waals surface area (Å²) >= 11 is 0. The topological polar surface area (TPSA) is 109 Å². The Morgan fingerprint density at radius 2 is 1.96 bits per heavy atom. The Kier molecular flexibility index (Phi) is 5.81. The lowest BCUT2D eigenvalue weighted by Crippen LogP contribution is -2.38. The average Bonchev–Trinajstić information content (AvgIpc) is 3.04. The lowest BCUT2D eigenvalue weighted by atomic mass is 10.2. The minimum absolute atomic E-state index is 0.136. The lowest BCUT2D eigenvalue weighted by molar-refractivity contribution is -0.121. The number of sulfonamides is 1. The Morgan fingerprint density at radius 1 is 1.20 bits per heavy atom. The molecule has 2 aromatic rings. The third kappa shape index (κ3) is 5.96. The molecule has 0 radical (unpaired) electrons. The zero-order valence-electron chi connectivity index (χ0n) is 13.9. The van der Waals surface area contributed by atoms with Crippen molar-refractivity contribution in [2.24, 2.45) is 0 Å². The molecule has 2 amide bonds. The van der Waals surface area contributed by atoms with Crippen LogP contribution in [0.2, 0.25) is 0 Å². The van der Waals surface area contributed by atoms with E-state index in [-0.39, 0.29) is 30.2 Å². The normalized spacial score (nSPS) is 11.0. The average molecular weight is 365 g/mol. The SMILES string of the molecule is CN(CC(=O)NCc1ccco1)C(=O)c1cccc(NS(C)(=O)=O)c1. The quantitative estimate of drug-likeness (QED) is 0.762. The van der Waals surface area contributed by atoms with Crippen LogP contribution in [-0.4, -0.2) is 45.0 Å². The van der Waals surface area contributed by atoms with Crippen LogP contribution in [0.5, 0.6) is 0 Å². The van der Waals surface area contributed by atoms with Gasteiger partial charge in [0, 0.05) is 18.3 Å². The molecule has 134 valence electrons. The van der Waals surface area contributed by atoms with Gasteiger partial charge in [0.25, 0.3) is 5.91 Å². The van der Waals surface area contributed by atoms with E-state index >= 15 is 0 Å². The van der Waals surface area contributed by atoms with E-state index < -0.39 is 15.9 Å². The van der Waals surface area contributed by atoms with E-state index in [1.165, 1.54) is 30.3 Å². The molecule has 0 spiro atoms. The fourth-order valence-electron chi connectivity index (χ4n) is 2.09. The van der Waals surface area contributed by atoms with Crippen LogP contribution in [0, 0.1) is 0 Å². The van der Waals surface area contributed by atoms with Gasteiger partial charge in [-0.15, -0.1) is 0 Å². The molecule has 0 unspecified atom stereocenters. The molecule has 2 rings (SSSR count).